The second-order valence-electron chi connectivity index (χ2n) is 8.82. The maximum atomic E-state index is 12.7. The number of halogens is 1. The molecule has 5 nitrogen and oxygen atoms in total. The molecule has 2 fully saturated rings. The lowest BCUT2D eigenvalue weighted by Gasteiger charge is -2.34. The first-order chi connectivity index (χ1) is 15.0. The van der Waals surface area contributed by atoms with Crippen LogP contribution in [0.5, 0.6) is 5.75 Å². The normalized spacial score (nSPS) is 20.5. The third-order valence-electron chi connectivity index (χ3n) is 6.70. The maximum Gasteiger partial charge on any atom is 0.320 e. The van der Waals surface area contributed by atoms with E-state index in [4.69, 9.17) is 16.3 Å². The first-order valence-electron chi connectivity index (χ1n) is 11.1. The third kappa shape index (κ3) is 5.34. The summed E-state index contributed by atoms with van der Waals surface area (Å²) in [6, 6.07) is 16.5. The number of carbonyl (C=O) groups excluding carboxylic acids is 1. The van der Waals surface area contributed by atoms with Crippen LogP contribution in [0.1, 0.15) is 24.0 Å². The molecule has 166 valence electrons. The van der Waals surface area contributed by atoms with Gasteiger partial charge in [-0.3, -0.25) is 0 Å². The molecule has 0 radical (unpaired) electrons. The van der Waals surface area contributed by atoms with E-state index in [9.17, 15) is 4.79 Å². The van der Waals surface area contributed by atoms with Crippen LogP contribution < -0.4 is 4.74 Å². The van der Waals surface area contributed by atoms with Crippen molar-refractivity contribution in [3.8, 4) is 5.75 Å². The van der Waals surface area contributed by atoms with E-state index >= 15 is 0 Å². The van der Waals surface area contributed by atoms with Gasteiger partial charge < -0.3 is 19.4 Å². The van der Waals surface area contributed by atoms with Crippen molar-refractivity contribution >= 4 is 17.6 Å². The van der Waals surface area contributed by atoms with Gasteiger partial charge in [0, 0.05) is 31.7 Å². The molecule has 31 heavy (non-hydrogen) atoms. The lowest BCUT2D eigenvalue weighted by atomic mass is 9.90. The minimum atomic E-state index is 0.136. The summed E-state index contributed by atoms with van der Waals surface area (Å²) in [7, 11) is 3.63. The molecule has 4 rings (SSSR count). The van der Waals surface area contributed by atoms with E-state index in [2.05, 4.69) is 23.1 Å². The number of hydrogen-bond acceptors (Lipinski definition) is 3. The van der Waals surface area contributed by atoms with Crippen LogP contribution in [0, 0.1) is 5.92 Å². The molecule has 0 aromatic heterocycles. The van der Waals surface area contributed by atoms with E-state index in [1.165, 1.54) is 11.1 Å². The molecule has 1 atom stereocenters. The van der Waals surface area contributed by atoms with Gasteiger partial charge in [-0.15, -0.1) is 0 Å². The van der Waals surface area contributed by atoms with Crippen molar-refractivity contribution in [3.63, 3.8) is 0 Å². The summed E-state index contributed by atoms with van der Waals surface area (Å²) < 4.78 is 5.35. The van der Waals surface area contributed by atoms with E-state index in [-0.39, 0.29) is 12.1 Å². The monoisotopic (exact) mass is 441 g/mol. The first-order valence-corrected chi connectivity index (χ1v) is 11.5. The Morgan fingerprint density at radius 1 is 1.10 bits per heavy atom. The van der Waals surface area contributed by atoms with Crippen molar-refractivity contribution in [1.29, 1.82) is 0 Å². The quantitative estimate of drug-likeness (QED) is 0.632. The standard InChI is InChI=1S/C25H32ClN3O2/c1-27-22(18-29(25(27)30)16-20-6-4-3-5-7-20)17-28-12-10-19(11-13-28)14-21-15-23(31-2)8-9-24(21)26/h3-9,15,19,22H,10-14,16-18H2,1-2H3. The topological polar surface area (TPSA) is 36.0 Å². The van der Waals surface area contributed by atoms with Crippen LogP contribution in [-0.4, -0.2) is 67.1 Å². The van der Waals surface area contributed by atoms with Crippen molar-refractivity contribution in [2.24, 2.45) is 5.92 Å². The van der Waals surface area contributed by atoms with Crippen LogP contribution in [0.2, 0.25) is 5.02 Å². The van der Waals surface area contributed by atoms with Gasteiger partial charge in [0.15, 0.2) is 0 Å². The fraction of sp³-hybridized carbons (Fsp3) is 0.480. The number of piperidine rings is 1. The number of benzene rings is 2. The number of urea groups is 1. The molecule has 2 aromatic rings. The van der Waals surface area contributed by atoms with E-state index in [1.807, 2.05) is 47.2 Å². The van der Waals surface area contributed by atoms with E-state index < -0.39 is 0 Å². The number of carbonyl (C=O) groups is 1. The smallest absolute Gasteiger partial charge is 0.320 e. The summed E-state index contributed by atoms with van der Waals surface area (Å²) in [6.07, 6.45) is 3.31. The fourth-order valence-corrected chi connectivity index (χ4v) is 4.96. The lowest BCUT2D eigenvalue weighted by molar-refractivity contribution is 0.149. The summed E-state index contributed by atoms with van der Waals surface area (Å²) in [5.74, 6) is 1.50. The first kappa shape index (κ1) is 22.0. The molecule has 0 aliphatic carbocycles. The maximum absolute atomic E-state index is 12.7. The van der Waals surface area contributed by atoms with Gasteiger partial charge in [-0.1, -0.05) is 41.9 Å². The Balaban J connectivity index is 1.27. The SMILES string of the molecule is COc1ccc(Cl)c(CC2CCN(CC3CN(Cc4ccccc4)C(=O)N3C)CC2)c1. The zero-order chi connectivity index (χ0) is 21.8. The van der Waals surface area contributed by atoms with E-state index in [0.29, 0.717) is 12.5 Å². The molecule has 0 N–H and O–H groups in total. The highest BCUT2D eigenvalue weighted by Gasteiger charge is 2.36. The van der Waals surface area contributed by atoms with Gasteiger partial charge in [-0.2, -0.15) is 0 Å². The third-order valence-corrected chi connectivity index (χ3v) is 7.07. The Morgan fingerprint density at radius 3 is 2.55 bits per heavy atom. The molecule has 2 saturated heterocycles. The van der Waals surface area contributed by atoms with Crippen LogP contribution in [0.25, 0.3) is 0 Å². The van der Waals surface area contributed by atoms with Crippen LogP contribution in [0.15, 0.2) is 48.5 Å². The second kappa shape index (κ2) is 9.92. The van der Waals surface area contributed by atoms with Crippen LogP contribution in [0.4, 0.5) is 4.79 Å². The summed E-state index contributed by atoms with van der Waals surface area (Å²) in [4.78, 5) is 19.1. The van der Waals surface area contributed by atoms with E-state index in [0.717, 1.165) is 56.2 Å². The number of nitrogens with zero attached hydrogens (tertiary/aromatic N) is 3. The predicted octanol–water partition coefficient (Wildman–Crippen LogP) is 4.54. The number of ether oxygens (including phenoxy) is 1. The van der Waals surface area contributed by atoms with Crippen molar-refractivity contribution in [2.75, 3.05) is 40.3 Å². The number of hydrogen-bond donors (Lipinski definition) is 0. The highest BCUT2D eigenvalue weighted by atomic mass is 35.5. The Kier molecular flexibility index (Phi) is 7.03. The Bertz CT molecular complexity index is 884. The van der Waals surface area contributed by atoms with Gasteiger partial charge >= 0.3 is 6.03 Å². The minimum absolute atomic E-state index is 0.136. The molecule has 2 aliphatic rings. The highest BCUT2D eigenvalue weighted by molar-refractivity contribution is 6.31. The molecule has 2 amide bonds. The van der Waals surface area contributed by atoms with Crippen molar-refractivity contribution in [1.82, 2.24) is 14.7 Å². The number of amides is 2. The van der Waals surface area contributed by atoms with Gasteiger partial charge in [-0.05, 0) is 67.6 Å². The highest BCUT2D eigenvalue weighted by Crippen LogP contribution is 2.29. The Labute approximate surface area is 190 Å². The molecule has 2 heterocycles. The molecule has 1 unspecified atom stereocenters. The van der Waals surface area contributed by atoms with Gasteiger partial charge in [0.1, 0.15) is 5.75 Å². The largest absolute Gasteiger partial charge is 0.497 e. The van der Waals surface area contributed by atoms with Crippen molar-refractivity contribution in [2.45, 2.75) is 31.8 Å². The summed E-state index contributed by atoms with van der Waals surface area (Å²) in [5, 5.41) is 0.827. The zero-order valence-corrected chi connectivity index (χ0v) is 19.2. The van der Waals surface area contributed by atoms with Crippen LogP contribution >= 0.6 is 11.6 Å². The molecule has 0 spiro atoms. The van der Waals surface area contributed by atoms with Crippen molar-refractivity contribution < 1.29 is 9.53 Å². The molecular formula is C25H32ClN3O2. The van der Waals surface area contributed by atoms with Crippen LogP contribution in [-0.2, 0) is 13.0 Å². The van der Waals surface area contributed by atoms with Gasteiger partial charge in [-0.25, -0.2) is 4.79 Å². The molecule has 6 heteroatoms. The summed E-state index contributed by atoms with van der Waals surface area (Å²) in [5.41, 5.74) is 2.36. The average molecular weight is 442 g/mol. The summed E-state index contributed by atoms with van der Waals surface area (Å²) in [6.45, 7) is 4.57. The minimum Gasteiger partial charge on any atom is -0.497 e. The average Bonchev–Trinajstić information content (AvgIpc) is 3.05. The van der Waals surface area contributed by atoms with E-state index in [1.54, 1.807) is 7.11 Å². The molecule has 0 bridgehead atoms. The molecule has 2 aromatic carbocycles. The number of methoxy groups -OCH3 is 1. The zero-order valence-electron chi connectivity index (χ0n) is 18.5. The number of rotatable bonds is 7. The van der Waals surface area contributed by atoms with Crippen LogP contribution in [0.3, 0.4) is 0 Å². The Hall–Kier alpha value is -2.24. The van der Waals surface area contributed by atoms with Gasteiger partial charge in [0.2, 0.25) is 0 Å². The predicted molar refractivity (Wildman–Crippen MR) is 125 cm³/mol. The molecule has 2 aliphatic heterocycles. The lowest BCUT2D eigenvalue weighted by Crippen LogP contribution is -2.44. The molecule has 0 saturated carbocycles. The molecular weight excluding hydrogens is 410 g/mol. The van der Waals surface area contributed by atoms with Gasteiger partial charge in [0.05, 0.1) is 13.2 Å². The van der Waals surface area contributed by atoms with Crippen molar-refractivity contribution in [3.05, 3.63) is 64.7 Å². The Morgan fingerprint density at radius 2 is 1.84 bits per heavy atom. The number of likely N-dealkylation sites (tertiary alicyclic amines) is 1. The fourth-order valence-electron chi connectivity index (χ4n) is 4.77. The number of likely N-dealkylation sites (N-methyl/N-ethyl adjacent to an activating group) is 1. The second-order valence-corrected chi connectivity index (χ2v) is 9.23. The van der Waals surface area contributed by atoms with Gasteiger partial charge in [0.25, 0.3) is 0 Å². The summed E-state index contributed by atoms with van der Waals surface area (Å²) >= 11 is 6.41.